The number of nitrogens with two attached hydrogens (primary N) is 2. The average Bonchev–Trinajstić information content (AvgIpc) is 3.10. The lowest BCUT2D eigenvalue weighted by atomic mass is 10.1. The van der Waals surface area contributed by atoms with E-state index in [1.165, 1.54) is 36.5 Å². The van der Waals surface area contributed by atoms with E-state index in [9.17, 15) is 19.2 Å². The number of carbonyl (C=O) groups is 4. The van der Waals surface area contributed by atoms with Crippen LogP contribution in [0, 0.1) is 24.7 Å². The zero-order chi connectivity index (χ0) is 42.1. The van der Waals surface area contributed by atoms with Crippen LogP contribution in [0.4, 0.5) is 32.3 Å². The number of hydrogen-bond acceptors (Lipinski definition) is 12. The van der Waals surface area contributed by atoms with Crippen LogP contribution in [0.2, 0.25) is 0 Å². The first kappa shape index (κ1) is 44.7. The Kier molecular flexibility index (Phi) is 16.5. The van der Waals surface area contributed by atoms with E-state index in [1.807, 2.05) is 0 Å². The number of benzene rings is 4. The maximum atomic E-state index is 12.8. The van der Waals surface area contributed by atoms with Gasteiger partial charge in [-0.3, -0.25) is 10.6 Å². The minimum absolute atomic E-state index is 0.0701. The van der Waals surface area contributed by atoms with Gasteiger partial charge in [-0.05, 0) is 121 Å². The van der Waals surface area contributed by atoms with Crippen molar-refractivity contribution in [1.82, 2.24) is 0 Å². The first-order chi connectivity index (χ1) is 26.2. The van der Waals surface area contributed by atoms with E-state index in [1.54, 1.807) is 103 Å². The van der Waals surface area contributed by atoms with Gasteiger partial charge in [0.25, 0.3) is 0 Å². The number of rotatable bonds is 6. The van der Waals surface area contributed by atoms with E-state index >= 15 is 0 Å². The molecule has 0 aromatic heterocycles. The Morgan fingerprint density at radius 2 is 1.04 bits per heavy atom. The van der Waals surface area contributed by atoms with E-state index < -0.39 is 35.3 Å². The molecule has 0 saturated carbocycles. The van der Waals surface area contributed by atoms with Crippen LogP contribution < -0.4 is 31.6 Å². The van der Waals surface area contributed by atoms with Crippen molar-refractivity contribution in [3.63, 3.8) is 0 Å². The van der Waals surface area contributed by atoms with Crippen LogP contribution in [0.5, 0.6) is 11.5 Å². The molecule has 2 amide bonds. The van der Waals surface area contributed by atoms with Crippen molar-refractivity contribution in [1.29, 1.82) is 0 Å². The van der Waals surface area contributed by atoms with Gasteiger partial charge in [0, 0.05) is 40.1 Å². The highest BCUT2D eigenvalue weighted by Gasteiger charge is 2.20. The van der Waals surface area contributed by atoms with Gasteiger partial charge in [-0.1, -0.05) is 24.0 Å². The fraction of sp³-hybridized carbons (Fsp3) is 0.214. The number of anilines is 4. The van der Waals surface area contributed by atoms with E-state index in [-0.39, 0.29) is 22.7 Å². The Labute approximate surface area is 326 Å². The molecule has 0 saturated heterocycles. The maximum Gasteiger partial charge on any atom is 0.412 e. The molecule has 292 valence electrons. The lowest BCUT2D eigenvalue weighted by Gasteiger charge is -2.21. The number of terminal acetylenes is 2. The monoisotopic (exact) mass is 763 g/mol. The number of nitrogen functional groups attached to an aromatic ring is 2. The minimum Gasteiger partial charge on any atom is -0.444 e. The number of oxime groups is 1. The fourth-order valence-electron chi connectivity index (χ4n) is 4.16. The molecule has 4 aromatic rings. The van der Waals surface area contributed by atoms with Crippen molar-refractivity contribution in [3.8, 4) is 36.2 Å². The normalized spacial score (nSPS) is 10.4. The largest absolute Gasteiger partial charge is 0.444 e. The summed E-state index contributed by atoms with van der Waals surface area (Å²) in [5.74, 6) is 4.31. The first-order valence-electron chi connectivity index (χ1n) is 16.7. The second-order valence-corrected chi connectivity index (χ2v) is 13.4. The Morgan fingerprint density at radius 3 is 1.38 bits per heavy atom. The van der Waals surface area contributed by atoms with Crippen LogP contribution in [-0.2, 0) is 9.47 Å². The predicted octanol–water partition coefficient (Wildman–Crippen LogP) is 8.10. The molecule has 14 nitrogen and oxygen atoms in total. The van der Waals surface area contributed by atoms with Gasteiger partial charge in [-0.25, -0.2) is 19.2 Å². The third kappa shape index (κ3) is 16.9. The molecule has 0 spiro atoms. The Morgan fingerprint density at radius 1 is 0.661 bits per heavy atom. The third-order valence-electron chi connectivity index (χ3n) is 6.21. The predicted molar refractivity (Wildman–Crippen MR) is 216 cm³/mol. The Balaban J connectivity index is 0.000000395. The Bertz CT molecular complexity index is 2060. The zero-order valence-corrected chi connectivity index (χ0v) is 32.1. The molecular formula is C42H45N5O9. The van der Waals surface area contributed by atoms with Crippen molar-refractivity contribution < 1.29 is 43.3 Å². The lowest BCUT2D eigenvalue weighted by Crippen LogP contribution is -2.28. The second kappa shape index (κ2) is 20.7. The van der Waals surface area contributed by atoms with Crippen molar-refractivity contribution in [3.05, 3.63) is 107 Å². The molecule has 0 atom stereocenters. The SMILES string of the molecule is C#Cc1cccc(OC(=O)c2cc(N)cc(N)c2)c1.C#Cc1cccc(OC(=O)c2cc(NC(=O)OC(C)(C)C)cc(NC(=O)OC(C)(C)C)c2)c1.C/C=N/O. The van der Waals surface area contributed by atoms with E-state index in [2.05, 4.69) is 27.6 Å². The van der Waals surface area contributed by atoms with Gasteiger partial charge in [-0.2, -0.15) is 0 Å². The fourth-order valence-corrected chi connectivity index (χ4v) is 4.16. The average molecular weight is 764 g/mol. The van der Waals surface area contributed by atoms with Gasteiger partial charge >= 0.3 is 24.1 Å². The van der Waals surface area contributed by atoms with Crippen LogP contribution in [0.1, 0.15) is 80.3 Å². The van der Waals surface area contributed by atoms with Gasteiger partial charge in [-0.15, -0.1) is 18.0 Å². The Hall–Kier alpha value is -7.45. The lowest BCUT2D eigenvalue weighted by molar-refractivity contribution is 0.0625. The highest BCUT2D eigenvalue weighted by Crippen LogP contribution is 2.24. The molecule has 0 bridgehead atoms. The molecule has 4 aromatic carbocycles. The van der Waals surface area contributed by atoms with Crippen LogP contribution in [0.25, 0.3) is 0 Å². The standard InChI is InChI=1S/C25H28N2O6.C15H12N2O2.C2H5NO/c1-8-16-10-9-11-20(12-16)31-21(28)17-13-18(26-22(29)32-24(2,3)4)15-19(14-17)27-23(30)33-25(5,6)7;1-2-10-4-3-5-14(6-10)19-15(18)11-7-12(16)9-13(17)8-11;1-2-3-4/h1,9-15H,2-7H3,(H,26,29)(H,27,30);1,3-9H,16-17H2;2,4H,1H3/b;;3-2+. The zero-order valence-electron chi connectivity index (χ0n) is 32.1. The van der Waals surface area contributed by atoms with Crippen molar-refractivity contribution >= 4 is 53.1 Å². The smallest absolute Gasteiger partial charge is 0.412 e. The minimum atomic E-state index is -0.724. The molecule has 14 heteroatoms. The summed E-state index contributed by atoms with van der Waals surface area (Å²) in [7, 11) is 0. The number of ether oxygens (including phenoxy) is 4. The molecule has 56 heavy (non-hydrogen) atoms. The summed E-state index contributed by atoms with van der Waals surface area (Å²) in [6.07, 6.45) is 10.5. The van der Waals surface area contributed by atoms with Crippen molar-refractivity contribution in [2.75, 3.05) is 22.1 Å². The third-order valence-corrected chi connectivity index (χ3v) is 6.21. The number of nitrogens with one attached hydrogen (secondary N) is 2. The van der Waals surface area contributed by atoms with Gasteiger partial charge in [0.15, 0.2) is 0 Å². The topological polar surface area (TPSA) is 214 Å². The summed E-state index contributed by atoms with van der Waals surface area (Å²) < 4.78 is 21.1. The molecule has 0 heterocycles. The summed E-state index contributed by atoms with van der Waals surface area (Å²) in [4.78, 5) is 49.1. The van der Waals surface area contributed by atoms with E-state index in [0.717, 1.165) is 0 Å². The van der Waals surface area contributed by atoms with Crippen LogP contribution in [0.3, 0.4) is 0 Å². The maximum absolute atomic E-state index is 12.8. The highest BCUT2D eigenvalue weighted by molar-refractivity contribution is 5.97. The number of hydrogen-bond donors (Lipinski definition) is 5. The molecular weight excluding hydrogens is 718 g/mol. The van der Waals surface area contributed by atoms with Gasteiger partial charge in [0.1, 0.15) is 22.7 Å². The number of esters is 2. The molecule has 0 fully saturated rings. The van der Waals surface area contributed by atoms with E-state index in [0.29, 0.717) is 33.8 Å². The van der Waals surface area contributed by atoms with Crippen LogP contribution in [0.15, 0.2) is 90.1 Å². The van der Waals surface area contributed by atoms with Gasteiger partial charge in [0.2, 0.25) is 0 Å². The molecule has 0 aliphatic carbocycles. The van der Waals surface area contributed by atoms with Crippen molar-refractivity contribution in [2.24, 2.45) is 5.16 Å². The van der Waals surface area contributed by atoms with E-state index in [4.69, 9.17) is 48.5 Å². The van der Waals surface area contributed by atoms with Gasteiger partial charge in [0.05, 0.1) is 11.1 Å². The molecule has 0 radical (unpaired) electrons. The number of nitrogens with zero attached hydrogens (tertiary/aromatic N) is 1. The summed E-state index contributed by atoms with van der Waals surface area (Å²) in [6, 6.07) is 22.0. The van der Waals surface area contributed by atoms with Crippen molar-refractivity contribution in [2.45, 2.75) is 59.7 Å². The molecule has 7 N–H and O–H groups in total. The molecule has 4 rings (SSSR count). The second-order valence-electron chi connectivity index (χ2n) is 13.4. The van der Waals surface area contributed by atoms with Crippen LogP contribution in [-0.4, -0.2) is 46.7 Å². The quantitative estimate of drug-likeness (QED) is 0.0241. The molecule has 0 aliphatic rings. The molecule has 0 unspecified atom stereocenters. The summed E-state index contributed by atoms with van der Waals surface area (Å²) in [5, 5.41) is 15.2. The summed E-state index contributed by atoms with van der Waals surface area (Å²) in [5.41, 5.74) is 12.6. The first-order valence-corrected chi connectivity index (χ1v) is 16.7. The highest BCUT2D eigenvalue weighted by atomic mass is 16.6. The van der Waals surface area contributed by atoms with Gasteiger partial charge < -0.3 is 35.6 Å². The summed E-state index contributed by atoms with van der Waals surface area (Å²) in [6.45, 7) is 12.0. The summed E-state index contributed by atoms with van der Waals surface area (Å²) >= 11 is 0. The van der Waals surface area contributed by atoms with Crippen LogP contribution >= 0.6 is 0 Å². The number of carbonyl (C=O) groups excluding carboxylic acids is 4. The number of amides is 2. The molecule has 0 aliphatic heterocycles.